The maximum Gasteiger partial charge on any atom is 1.00 e. The van der Waals surface area contributed by atoms with Crippen LogP contribution in [0.25, 0.3) is 12.2 Å². The van der Waals surface area contributed by atoms with Crippen LogP contribution in [-0.4, -0.2) is 45.8 Å². The van der Waals surface area contributed by atoms with Gasteiger partial charge in [0, 0.05) is 17.8 Å². The summed E-state index contributed by atoms with van der Waals surface area (Å²) in [6.07, 6.45) is 2.12. The van der Waals surface area contributed by atoms with E-state index in [0.29, 0.717) is 23.3 Å². The van der Waals surface area contributed by atoms with Crippen LogP contribution in [0.15, 0.2) is 80.7 Å². The number of benzene rings is 3. The fourth-order valence-corrected chi connectivity index (χ4v) is 5.27. The van der Waals surface area contributed by atoms with Gasteiger partial charge in [-0.25, -0.2) is 26.8 Å². The van der Waals surface area contributed by atoms with Crippen LogP contribution >= 0.6 is 23.2 Å². The molecule has 0 amide bonds. The first kappa shape index (κ1) is 38.8. The first-order valence-electron chi connectivity index (χ1n) is 11.5. The number of halogens is 2. The van der Waals surface area contributed by atoms with Crippen LogP contribution in [0.3, 0.4) is 0 Å². The third-order valence-electron chi connectivity index (χ3n) is 5.41. The fraction of sp³-hybridized carbons (Fsp3) is 0.0417. The molecule has 0 fully saturated rings. The van der Waals surface area contributed by atoms with Gasteiger partial charge in [0.15, 0.2) is 5.82 Å². The Bertz CT molecular complexity index is 1980. The molecule has 0 saturated carbocycles. The summed E-state index contributed by atoms with van der Waals surface area (Å²) in [5, 5.41) is 21.9. The van der Waals surface area contributed by atoms with Gasteiger partial charge < -0.3 is 14.4 Å². The molecular weight excluding hydrogens is 695 g/mol. The summed E-state index contributed by atoms with van der Waals surface area (Å²) >= 11 is 11.5. The second-order valence-corrected chi connectivity index (χ2v) is 11.7. The maximum absolute atomic E-state index is 12.0. The Morgan fingerprint density at radius 3 is 1.78 bits per heavy atom. The summed E-state index contributed by atoms with van der Waals surface area (Å²) in [6.45, 7) is 0.203. The number of nitro benzene ring substituents is 1. The van der Waals surface area contributed by atoms with Crippen LogP contribution < -0.4 is 64.4 Å². The summed E-state index contributed by atoms with van der Waals surface area (Å²) in [4.78, 5) is 20.0. The van der Waals surface area contributed by atoms with Gasteiger partial charge in [0.2, 0.25) is 10.6 Å². The molecular formula is C24H15Cl2N7Na2O8S2. The van der Waals surface area contributed by atoms with E-state index in [4.69, 9.17) is 23.2 Å². The van der Waals surface area contributed by atoms with Crippen molar-refractivity contribution in [3.8, 4) is 0 Å². The third kappa shape index (κ3) is 11.1. The van der Waals surface area contributed by atoms with Crippen LogP contribution in [0.2, 0.25) is 10.6 Å². The summed E-state index contributed by atoms with van der Waals surface area (Å²) < 4.78 is 70.8. The van der Waals surface area contributed by atoms with Crippen molar-refractivity contribution in [3.05, 3.63) is 98.3 Å². The topological polar surface area (TPSA) is 233 Å². The molecule has 0 unspecified atom stereocenters. The van der Waals surface area contributed by atoms with Crippen LogP contribution in [0, 0.1) is 10.1 Å². The molecule has 0 radical (unpaired) electrons. The van der Waals surface area contributed by atoms with Crippen molar-refractivity contribution in [1.29, 1.82) is 0 Å². The Hall–Kier alpha value is -2.39. The number of non-ortho nitro benzene ring substituents is 1. The third-order valence-corrected chi connectivity index (χ3v) is 7.53. The minimum Gasteiger partial charge on any atom is -0.744 e. The molecule has 0 saturated heterocycles. The summed E-state index contributed by atoms with van der Waals surface area (Å²) in [5.74, 6) is 0.319. The van der Waals surface area contributed by atoms with Gasteiger partial charge in [-0.2, -0.15) is 15.2 Å². The minimum atomic E-state index is -5.13. The van der Waals surface area contributed by atoms with Crippen molar-refractivity contribution < 1.29 is 90.0 Å². The number of nitrogens with one attached hydrogen (secondary N) is 1. The number of nitro groups is 1. The predicted molar refractivity (Wildman–Crippen MR) is 152 cm³/mol. The average Bonchev–Trinajstić information content (AvgIpc) is 2.93. The van der Waals surface area contributed by atoms with E-state index in [1.165, 1.54) is 12.1 Å². The van der Waals surface area contributed by atoms with Crippen molar-refractivity contribution in [1.82, 2.24) is 15.0 Å². The van der Waals surface area contributed by atoms with Crippen LogP contribution in [0.5, 0.6) is 0 Å². The molecule has 1 aromatic heterocycles. The number of aromatic nitrogens is 3. The molecule has 0 atom stereocenters. The van der Waals surface area contributed by atoms with Crippen molar-refractivity contribution in [3.63, 3.8) is 0 Å². The Morgan fingerprint density at radius 2 is 1.24 bits per heavy atom. The molecule has 0 aliphatic rings. The van der Waals surface area contributed by atoms with Gasteiger partial charge in [0.05, 0.1) is 32.6 Å². The molecule has 0 aliphatic carbocycles. The zero-order chi connectivity index (χ0) is 31.4. The first-order valence-corrected chi connectivity index (χ1v) is 15.1. The predicted octanol–water partition coefficient (Wildman–Crippen LogP) is -0.899. The Morgan fingerprint density at radius 1 is 0.756 bits per heavy atom. The maximum atomic E-state index is 12.0. The van der Waals surface area contributed by atoms with Crippen LogP contribution in [-0.2, 0) is 26.8 Å². The van der Waals surface area contributed by atoms with Crippen molar-refractivity contribution in [2.24, 2.45) is 10.2 Å². The summed E-state index contributed by atoms with van der Waals surface area (Å²) in [7, 11) is -10.2. The zero-order valence-electron chi connectivity index (χ0n) is 23.2. The minimum absolute atomic E-state index is 0. The number of hydrogen-bond donors (Lipinski definition) is 1. The average molecular weight is 710 g/mol. The standard InChI is InChI=1S/C24H17Cl2N7O8S2.2Na/c25-23-28-22(29-24(26)30-23)13-27-16-6-8-17(9-7-16)31-32-18-5-3-14(20(11-18)42(36,37)38)1-2-15-4-10-19(33(34)35)12-21(15)43(39,40)41;;/h1-12,27H,13H2,(H,36,37,38)(H,39,40,41);;/q;2*+1/p-2. The van der Waals surface area contributed by atoms with E-state index in [0.717, 1.165) is 30.4 Å². The molecule has 1 heterocycles. The molecule has 0 spiro atoms. The summed E-state index contributed by atoms with van der Waals surface area (Å²) in [5.41, 5.74) is 0.0243. The van der Waals surface area contributed by atoms with Crippen LogP contribution in [0.1, 0.15) is 17.0 Å². The van der Waals surface area contributed by atoms with Gasteiger partial charge in [0.25, 0.3) is 5.69 Å². The van der Waals surface area contributed by atoms with Gasteiger partial charge in [-0.1, -0.05) is 18.2 Å². The number of hydrogen-bond acceptors (Lipinski definition) is 14. The number of anilines is 1. The molecule has 0 bridgehead atoms. The van der Waals surface area contributed by atoms with E-state index in [2.05, 4.69) is 30.5 Å². The monoisotopic (exact) mass is 709 g/mol. The molecule has 15 nitrogen and oxygen atoms in total. The molecule has 3 aromatic carbocycles. The van der Waals surface area contributed by atoms with Crippen LogP contribution in [0.4, 0.5) is 22.7 Å². The summed E-state index contributed by atoms with van der Waals surface area (Å²) in [6, 6.07) is 12.6. The largest absolute Gasteiger partial charge is 1.00 e. The second-order valence-electron chi connectivity index (χ2n) is 8.33. The van der Waals surface area contributed by atoms with Crippen molar-refractivity contribution in [2.75, 3.05) is 5.32 Å². The SMILES string of the molecule is O=[N+]([O-])c1ccc(C=Cc2ccc(N=Nc3ccc(NCc4nc(Cl)nc(Cl)n4)cc3)cc2S(=O)(=O)[O-])c(S(=O)(=O)[O-])c1.[Na+].[Na+]. The molecule has 222 valence electrons. The fourth-order valence-electron chi connectivity index (χ4n) is 3.50. The van der Waals surface area contributed by atoms with Gasteiger partial charge in [0.1, 0.15) is 20.2 Å². The zero-order valence-corrected chi connectivity index (χ0v) is 30.3. The Balaban J connectivity index is 0.00000353. The first-order chi connectivity index (χ1) is 20.2. The van der Waals surface area contributed by atoms with Gasteiger partial charge in [-0.15, -0.1) is 0 Å². The molecule has 45 heavy (non-hydrogen) atoms. The molecule has 4 rings (SSSR count). The molecule has 1 N–H and O–H groups in total. The quantitative estimate of drug-likeness (QED) is 0.0527. The van der Waals surface area contributed by atoms with Gasteiger partial charge in [-0.05, 0) is 76.8 Å². The van der Waals surface area contributed by atoms with E-state index in [1.54, 1.807) is 24.3 Å². The Labute approximate surface area is 310 Å². The normalized spacial score (nSPS) is 11.6. The van der Waals surface area contributed by atoms with Gasteiger partial charge >= 0.3 is 59.1 Å². The molecule has 0 aliphatic heterocycles. The molecule has 21 heteroatoms. The number of azo groups is 1. The van der Waals surface area contributed by atoms with Crippen molar-refractivity contribution >= 4 is 78.3 Å². The number of rotatable bonds is 10. The van der Waals surface area contributed by atoms with E-state index >= 15 is 0 Å². The van der Waals surface area contributed by atoms with E-state index in [1.807, 2.05) is 0 Å². The van der Waals surface area contributed by atoms with Crippen molar-refractivity contribution in [2.45, 2.75) is 16.3 Å². The smallest absolute Gasteiger partial charge is 0.744 e. The van der Waals surface area contributed by atoms with E-state index in [-0.39, 0.29) is 93.0 Å². The second kappa shape index (κ2) is 16.4. The van der Waals surface area contributed by atoms with E-state index in [9.17, 15) is 36.1 Å². The molecule has 4 aromatic rings. The number of nitrogens with zero attached hydrogens (tertiary/aromatic N) is 6. The van der Waals surface area contributed by atoms with E-state index < -0.39 is 40.6 Å². The van der Waals surface area contributed by atoms with Gasteiger partial charge in [-0.3, -0.25) is 10.1 Å². The Kier molecular flexibility index (Phi) is 14.2.